The Bertz CT molecular complexity index is 992. The molecule has 170 valence electrons. The quantitative estimate of drug-likeness (QED) is 0.469. The number of aryl methyl sites for hydroxylation is 1. The molecule has 0 aliphatic rings. The molecule has 0 radical (unpaired) electrons. The maximum Gasteiger partial charge on any atom is 0.433 e. The number of nitrogens with zero attached hydrogens (tertiary/aromatic N) is 2. The number of halogens is 4. The van der Waals surface area contributed by atoms with Crippen molar-refractivity contribution >= 4 is 0 Å². The van der Waals surface area contributed by atoms with Crippen LogP contribution in [-0.2, 0) is 19.3 Å². The molecular weight excluding hydrogens is 424 g/mol. The fourth-order valence-corrected chi connectivity index (χ4v) is 3.23. The zero-order valence-electron chi connectivity index (χ0n) is 17.5. The van der Waals surface area contributed by atoms with Crippen LogP contribution >= 0.6 is 0 Å². The Labute approximate surface area is 184 Å². The van der Waals surface area contributed by atoms with Crippen molar-refractivity contribution in [2.45, 2.75) is 32.3 Å². The van der Waals surface area contributed by atoms with Crippen molar-refractivity contribution in [3.05, 3.63) is 95.1 Å². The summed E-state index contributed by atoms with van der Waals surface area (Å²) in [6.45, 7) is 2.97. The summed E-state index contributed by atoms with van der Waals surface area (Å²) in [4.78, 5) is 5.44. The van der Waals surface area contributed by atoms with Crippen LogP contribution in [0.3, 0.4) is 0 Å². The molecule has 0 spiro atoms. The van der Waals surface area contributed by atoms with Gasteiger partial charge in [-0.2, -0.15) is 13.2 Å². The van der Waals surface area contributed by atoms with Gasteiger partial charge in [0, 0.05) is 25.8 Å². The first-order chi connectivity index (χ1) is 15.2. The summed E-state index contributed by atoms with van der Waals surface area (Å²) in [5, 5.41) is 10.5. The van der Waals surface area contributed by atoms with Gasteiger partial charge >= 0.3 is 6.18 Å². The minimum absolute atomic E-state index is 0.0127. The number of ether oxygens (including phenoxy) is 1. The average Bonchev–Trinajstić information content (AvgIpc) is 2.75. The third-order valence-electron chi connectivity index (χ3n) is 4.90. The minimum Gasteiger partial charge on any atom is -0.491 e. The number of hydrogen-bond acceptors (Lipinski definition) is 4. The molecule has 2 aromatic carbocycles. The van der Waals surface area contributed by atoms with E-state index >= 15 is 0 Å². The molecule has 1 heterocycles. The molecule has 4 nitrogen and oxygen atoms in total. The third-order valence-corrected chi connectivity index (χ3v) is 4.90. The van der Waals surface area contributed by atoms with Gasteiger partial charge in [-0.1, -0.05) is 30.3 Å². The van der Waals surface area contributed by atoms with Crippen LogP contribution in [0.1, 0.15) is 22.4 Å². The minimum atomic E-state index is -4.49. The lowest BCUT2D eigenvalue weighted by Gasteiger charge is -2.26. The lowest BCUT2D eigenvalue weighted by atomic mass is 10.1. The maximum absolute atomic E-state index is 13.0. The van der Waals surface area contributed by atoms with Crippen molar-refractivity contribution in [2.75, 3.05) is 13.2 Å². The van der Waals surface area contributed by atoms with Gasteiger partial charge in [0.1, 0.15) is 30.0 Å². The largest absolute Gasteiger partial charge is 0.491 e. The highest BCUT2D eigenvalue weighted by atomic mass is 19.4. The zero-order valence-corrected chi connectivity index (χ0v) is 17.5. The standard InChI is InChI=1S/C24H24F4N2O2/c1-17-4-2-3-5-19(17)14-30(13-18-6-11-23(29-12-18)24(26,27)28)15-21(31)16-32-22-9-7-20(25)8-10-22/h2-12,21,31H,13-16H2,1H3. The topological polar surface area (TPSA) is 45.6 Å². The molecule has 0 saturated heterocycles. The van der Waals surface area contributed by atoms with E-state index in [-0.39, 0.29) is 19.0 Å². The van der Waals surface area contributed by atoms with Gasteiger partial charge in [0.2, 0.25) is 0 Å². The number of rotatable bonds is 9. The van der Waals surface area contributed by atoms with Crippen LogP contribution in [0, 0.1) is 12.7 Å². The summed E-state index contributed by atoms with van der Waals surface area (Å²) in [7, 11) is 0. The van der Waals surface area contributed by atoms with Crippen molar-refractivity contribution < 1.29 is 27.4 Å². The Hall–Kier alpha value is -2.97. The van der Waals surface area contributed by atoms with Crippen molar-refractivity contribution in [1.29, 1.82) is 0 Å². The Balaban J connectivity index is 1.68. The van der Waals surface area contributed by atoms with Gasteiger partial charge in [-0.3, -0.25) is 9.88 Å². The smallest absolute Gasteiger partial charge is 0.433 e. The summed E-state index contributed by atoms with van der Waals surface area (Å²) in [5.41, 5.74) is 1.76. The summed E-state index contributed by atoms with van der Waals surface area (Å²) in [5.74, 6) is 0.0512. The number of alkyl halides is 3. The average molecular weight is 448 g/mol. The fraction of sp³-hybridized carbons (Fsp3) is 0.292. The lowest BCUT2D eigenvalue weighted by molar-refractivity contribution is -0.141. The first-order valence-corrected chi connectivity index (χ1v) is 10.1. The van der Waals surface area contributed by atoms with E-state index in [1.807, 2.05) is 36.1 Å². The molecule has 0 fully saturated rings. The fourth-order valence-electron chi connectivity index (χ4n) is 3.23. The Kier molecular flexibility index (Phi) is 7.82. The van der Waals surface area contributed by atoms with Gasteiger partial charge < -0.3 is 9.84 Å². The highest BCUT2D eigenvalue weighted by Gasteiger charge is 2.32. The summed E-state index contributed by atoms with van der Waals surface area (Å²) >= 11 is 0. The van der Waals surface area contributed by atoms with E-state index in [4.69, 9.17) is 4.74 Å². The molecule has 1 atom stereocenters. The summed E-state index contributed by atoms with van der Waals surface area (Å²) in [6, 6.07) is 15.6. The van der Waals surface area contributed by atoms with Crippen LogP contribution < -0.4 is 4.74 Å². The molecule has 3 rings (SSSR count). The van der Waals surface area contributed by atoms with Crippen LogP contribution in [0.2, 0.25) is 0 Å². The molecule has 0 bridgehead atoms. The van der Waals surface area contributed by atoms with E-state index in [0.29, 0.717) is 24.4 Å². The predicted molar refractivity (Wildman–Crippen MR) is 112 cm³/mol. The van der Waals surface area contributed by atoms with E-state index in [1.165, 1.54) is 36.5 Å². The van der Waals surface area contributed by atoms with E-state index < -0.39 is 18.0 Å². The number of aliphatic hydroxyl groups excluding tert-OH is 1. The molecule has 0 aliphatic heterocycles. The molecule has 1 unspecified atom stereocenters. The molecule has 0 saturated carbocycles. The Morgan fingerprint density at radius 2 is 1.72 bits per heavy atom. The number of aliphatic hydroxyl groups is 1. The molecule has 32 heavy (non-hydrogen) atoms. The second-order valence-electron chi connectivity index (χ2n) is 7.56. The molecule has 1 N–H and O–H groups in total. The maximum atomic E-state index is 13.0. The molecular formula is C24H24F4N2O2. The van der Waals surface area contributed by atoms with Crippen molar-refractivity contribution in [1.82, 2.24) is 9.88 Å². The van der Waals surface area contributed by atoms with Gasteiger partial charge in [-0.15, -0.1) is 0 Å². The lowest BCUT2D eigenvalue weighted by Crippen LogP contribution is -2.35. The molecule has 3 aromatic rings. The first kappa shape index (κ1) is 23.7. The van der Waals surface area contributed by atoms with Gasteiger partial charge in [-0.25, -0.2) is 4.39 Å². The van der Waals surface area contributed by atoms with Gasteiger partial charge in [0.05, 0.1) is 0 Å². The monoisotopic (exact) mass is 448 g/mol. The van der Waals surface area contributed by atoms with Crippen LogP contribution in [-0.4, -0.2) is 34.2 Å². The van der Waals surface area contributed by atoms with Crippen LogP contribution in [0.15, 0.2) is 66.9 Å². The number of pyridine rings is 1. The molecule has 0 amide bonds. The van der Waals surface area contributed by atoms with E-state index in [1.54, 1.807) is 0 Å². The summed E-state index contributed by atoms with van der Waals surface area (Å²) in [6.07, 6.45) is -4.16. The SMILES string of the molecule is Cc1ccccc1CN(Cc1ccc(C(F)(F)F)nc1)CC(O)COc1ccc(F)cc1. The number of benzene rings is 2. The highest BCUT2D eigenvalue weighted by Crippen LogP contribution is 2.27. The Morgan fingerprint density at radius 3 is 2.34 bits per heavy atom. The van der Waals surface area contributed by atoms with Crippen LogP contribution in [0.25, 0.3) is 0 Å². The highest BCUT2D eigenvalue weighted by molar-refractivity contribution is 5.26. The normalized spacial score (nSPS) is 12.7. The summed E-state index contributed by atoms with van der Waals surface area (Å²) < 4.78 is 56.9. The molecule has 0 aliphatic carbocycles. The van der Waals surface area contributed by atoms with Crippen molar-refractivity contribution in [3.8, 4) is 5.75 Å². The molecule has 8 heteroatoms. The van der Waals surface area contributed by atoms with Crippen molar-refractivity contribution in [2.24, 2.45) is 0 Å². The van der Waals surface area contributed by atoms with E-state index in [2.05, 4.69) is 4.98 Å². The Morgan fingerprint density at radius 1 is 1.00 bits per heavy atom. The van der Waals surface area contributed by atoms with Crippen LogP contribution in [0.5, 0.6) is 5.75 Å². The predicted octanol–water partition coefficient (Wildman–Crippen LogP) is 4.99. The van der Waals surface area contributed by atoms with Crippen LogP contribution in [0.4, 0.5) is 17.6 Å². The molecule has 1 aromatic heterocycles. The first-order valence-electron chi connectivity index (χ1n) is 10.1. The van der Waals surface area contributed by atoms with E-state index in [9.17, 15) is 22.7 Å². The zero-order chi connectivity index (χ0) is 23.1. The van der Waals surface area contributed by atoms with Gasteiger partial charge in [0.15, 0.2) is 0 Å². The van der Waals surface area contributed by atoms with E-state index in [0.717, 1.165) is 17.2 Å². The third kappa shape index (κ3) is 7.03. The number of hydrogen-bond donors (Lipinski definition) is 1. The number of aromatic nitrogens is 1. The van der Waals surface area contributed by atoms with Crippen molar-refractivity contribution in [3.63, 3.8) is 0 Å². The van der Waals surface area contributed by atoms with Gasteiger partial charge in [-0.05, 0) is 53.9 Å². The van der Waals surface area contributed by atoms with Gasteiger partial charge in [0.25, 0.3) is 0 Å². The second-order valence-corrected chi connectivity index (χ2v) is 7.56. The second kappa shape index (κ2) is 10.6.